The van der Waals surface area contributed by atoms with Crippen molar-refractivity contribution >= 4 is 6.09 Å². The molecule has 180 valence electrons. The predicted octanol–water partition coefficient (Wildman–Crippen LogP) is 5.66. The van der Waals surface area contributed by atoms with E-state index in [-0.39, 0.29) is 11.5 Å². The molecule has 0 spiro atoms. The van der Waals surface area contributed by atoms with Gasteiger partial charge in [0.1, 0.15) is 11.4 Å². The first kappa shape index (κ1) is 25.1. The summed E-state index contributed by atoms with van der Waals surface area (Å²) in [6.07, 6.45) is 0.675. The molecule has 2 aromatic carbocycles. The molecule has 3 rings (SSSR count). The van der Waals surface area contributed by atoms with Gasteiger partial charge < -0.3 is 14.4 Å². The number of hydrogen-bond donors (Lipinski definition) is 0. The molecule has 1 heterocycles. The minimum atomic E-state index is -0.447. The van der Waals surface area contributed by atoms with E-state index in [1.807, 2.05) is 25.7 Å². The van der Waals surface area contributed by atoms with Crippen molar-refractivity contribution < 1.29 is 14.3 Å². The summed E-state index contributed by atoms with van der Waals surface area (Å²) in [6.45, 7) is 17.1. The molecule has 1 aliphatic rings. The van der Waals surface area contributed by atoms with Crippen LogP contribution < -0.4 is 4.74 Å². The third kappa shape index (κ3) is 8.08. The molecule has 0 N–H and O–H groups in total. The van der Waals surface area contributed by atoms with Gasteiger partial charge in [-0.15, -0.1) is 0 Å². The van der Waals surface area contributed by atoms with E-state index in [0.717, 1.165) is 31.8 Å². The van der Waals surface area contributed by atoms with E-state index in [9.17, 15) is 4.79 Å². The molecule has 1 amide bonds. The summed E-state index contributed by atoms with van der Waals surface area (Å²) in [4.78, 5) is 16.4. The highest BCUT2D eigenvalue weighted by Gasteiger charge is 2.25. The predicted molar refractivity (Wildman–Crippen MR) is 134 cm³/mol. The van der Waals surface area contributed by atoms with Crippen LogP contribution in [-0.2, 0) is 23.1 Å². The van der Waals surface area contributed by atoms with Gasteiger partial charge in [-0.1, -0.05) is 57.2 Å². The van der Waals surface area contributed by atoms with E-state index in [1.165, 1.54) is 16.7 Å². The summed E-state index contributed by atoms with van der Waals surface area (Å²) in [6, 6.07) is 17.2. The number of carbonyl (C=O) groups is 1. The number of nitrogens with zero attached hydrogens (tertiary/aromatic N) is 2. The summed E-state index contributed by atoms with van der Waals surface area (Å²) in [5.74, 6) is 0.921. The number of benzene rings is 2. The maximum Gasteiger partial charge on any atom is 0.410 e. The molecule has 1 saturated heterocycles. The first-order chi connectivity index (χ1) is 15.5. The van der Waals surface area contributed by atoms with E-state index < -0.39 is 5.60 Å². The second-order valence-corrected chi connectivity index (χ2v) is 10.9. The van der Waals surface area contributed by atoms with Gasteiger partial charge in [-0.3, -0.25) is 4.90 Å². The number of amides is 1. The Kier molecular flexibility index (Phi) is 8.06. The van der Waals surface area contributed by atoms with Crippen molar-refractivity contribution in [2.75, 3.05) is 32.8 Å². The zero-order chi connectivity index (χ0) is 24.1. The highest BCUT2D eigenvalue weighted by atomic mass is 16.6. The number of ether oxygens (including phenoxy) is 2. The van der Waals surface area contributed by atoms with Gasteiger partial charge in [0.25, 0.3) is 0 Å². The van der Waals surface area contributed by atoms with Crippen molar-refractivity contribution in [1.82, 2.24) is 9.80 Å². The number of carbonyl (C=O) groups excluding carboxylic acids is 1. The standard InChI is InChI=1S/C28H40N2O3/c1-27(2,3)24-11-13-25(14-12-24)32-20-15-22-7-9-23(10-8-22)21-29-16-18-30(19-17-29)26(31)33-28(4,5)6/h7-14H,15-21H2,1-6H3. The van der Waals surface area contributed by atoms with Crippen molar-refractivity contribution in [3.05, 3.63) is 65.2 Å². The van der Waals surface area contributed by atoms with Crippen LogP contribution in [0, 0.1) is 0 Å². The quantitative estimate of drug-likeness (QED) is 0.567. The molecule has 0 atom stereocenters. The van der Waals surface area contributed by atoms with Crippen LogP contribution in [0.2, 0.25) is 0 Å². The molecule has 2 aromatic rings. The van der Waals surface area contributed by atoms with E-state index in [2.05, 4.69) is 74.2 Å². The van der Waals surface area contributed by atoms with Crippen LogP contribution in [0.15, 0.2) is 48.5 Å². The lowest BCUT2D eigenvalue weighted by atomic mass is 9.87. The molecule has 1 aliphatic heterocycles. The Balaban J connectivity index is 1.39. The van der Waals surface area contributed by atoms with E-state index >= 15 is 0 Å². The fourth-order valence-corrected chi connectivity index (χ4v) is 3.82. The van der Waals surface area contributed by atoms with Gasteiger partial charge in [-0.25, -0.2) is 4.79 Å². The van der Waals surface area contributed by atoms with E-state index in [4.69, 9.17) is 9.47 Å². The lowest BCUT2D eigenvalue weighted by molar-refractivity contribution is 0.0139. The Morgan fingerprint density at radius 2 is 1.39 bits per heavy atom. The van der Waals surface area contributed by atoms with Gasteiger partial charge in [0, 0.05) is 39.1 Å². The molecule has 0 aliphatic carbocycles. The molecule has 5 nitrogen and oxygen atoms in total. The smallest absolute Gasteiger partial charge is 0.410 e. The topological polar surface area (TPSA) is 42.0 Å². The second-order valence-electron chi connectivity index (χ2n) is 10.9. The summed E-state index contributed by atoms with van der Waals surface area (Å²) in [7, 11) is 0. The van der Waals surface area contributed by atoms with Gasteiger partial charge in [0.15, 0.2) is 0 Å². The Hall–Kier alpha value is -2.53. The molecule has 0 radical (unpaired) electrons. The first-order valence-electron chi connectivity index (χ1n) is 12.0. The fourth-order valence-electron chi connectivity index (χ4n) is 3.82. The third-order valence-corrected chi connectivity index (χ3v) is 5.83. The molecule has 0 unspecified atom stereocenters. The zero-order valence-electron chi connectivity index (χ0n) is 21.2. The fraction of sp³-hybridized carbons (Fsp3) is 0.536. The zero-order valence-corrected chi connectivity index (χ0v) is 21.2. The van der Waals surface area contributed by atoms with E-state index in [0.29, 0.717) is 19.7 Å². The van der Waals surface area contributed by atoms with E-state index in [1.54, 1.807) is 0 Å². The summed E-state index contributed by atoms with van der Waals surface area (Å²) in [5.41, 5.74) is 3.60. The minimum Gasteiger partial charge on any atom is -0.493 e. The number of rotatable bonds is 6. The SMILES string of the molecule is CC(C)(C)OC(=O)N1CCN(Cc2ccc(CCOc3ccc(C(C)(C)C)cc3)cc2)CC1. The molecule has 0 aromatic heterocycles. The highest BCUT2D eigenvalue weighted by Crippen LogP contribution is 2.24. The molecule has 33 heavy (non-hydrogen) atoms. The van der Waals surface area contributed by atoms with Crippen LogP contribution in [0.4, 0.5) is 4.79 Å². The highest BCUT2D eigenvalue weighted by molar-refractivity contribution is 5.68. The lowest BCUT2D eigenvalue weighted by Gasteiger charge is -2.35. The molecular weight excluding hydrogens is 412 g/mol. The van der Waals surface area contributed by atoms with Gasteiger partial charge in [0.05, 0.1) is 6.61 Å². The van der Waals surface area contributed by atoms with Crippen LogP contribution >= 0.6 is 0 Å². The Bertz CT molecular complexity index is 885. The Morgan fingerprint density at radius 3 is 1.94 bits per heavy atom. The number of hydrogen-bond acceptors (Lipinski definition) is 4. The van der Waals surface area contributed by atoms with Crippen molar-refractivity contribution in [1.29, 1.82) is 0 Å². The van der Waals surface area contributed by atoms with Gasteiger partial charge in [-0.2, -0.15) is 0 Å². The van der Waals surface area contributed by atoms with Crippen LogP contribution in [0.3, 0.4) is 0 Å². The van der Waals surface area contributed by atoms with Gasteiger partial charge in [0.2, 0.25) is 0 Å². The Labute approximate surface area is 199 Å². The third-order valence-electron chi connectivity index (χ3n) is 5.83. The lowest BCUT2D eigenvalue weighted by Crippen LogP contribution is -2.49. The van der Waals surface area contributed by atoms with Crippen LogP contribution in [0.25, 0.3) is 0 Å². The van der Waals surface area contributed by atoms with Crippen LogP contribution in [0.5, 0.6) is 5.75 Å². The molecule has 0 bridgehead atoms. The Morgan fingerprint density at radius 1 is 0.818 bits per heavy atom. The number of piperazine rings is 1. The molecule has 1 fully saturated rings. The maximum absolute atomic E-state index is 12.2. The van der Waals surface area contributed by atoms with Crippen molar-refractivity contribution in [2.24, 2.45) is 0 Å². The van der Waals surface area contributed by atoms with Crippen LogP contribution in [0.1, 0.15) is 58.2 Å². The molecule has 0 saturated carbocycles. The summed E-state index contributed by atoms with van der Waals surface area (Å²) < 4.78 is 11.4. The summed E-state index contributed by atoms with van der Waals surface area (Å²) >= 11 is 0. The van der Waals surface area contributed by atoms with Gasteiger partial charge in [-0.05, 0) is 55.0 Å². The van der Waals surface area contributed by atoms with Crippen molar-refractivity contribution in [2.45, 2.75) is 65.5 Å². The molecular formula is C28H40N2O3. The minimum absolute atomic E-state index is 0.159. The maximum atomic E-state index is 12.2. The van der Waals surface area contributed by atoms with Gasteiger partial charge >= 0.3 is 6.09 Å². The van der Waals surface area contributed by atoms with Crippen molar-refractivity contribution in [3.8, 4) is 5.75 Å². The van der Waals surface area contributed by atoms with Crippen molar-refractivity contribution in [3.63, 3.8) is 0 Å². The monoisotopic (exact) mass is 452 g/mol. The van der Waals surface area contributed by atoms with Crippen LogP contribution in [-0.4, -0.2) is 54.3 Å². The average Bonchev–Trinajstić information content (AvgIpc) is 2.74. The molecule has 5 heteroatoms. The largest absolute Gasteiger partial charge is 0.493 e. The summed E-state index contributed by atoms with van der Waals surface area (Å²) in [5, 5.41) is 0. The first-order valence-corrected chi connectivity index (χ1v) is 12.0. The average molecular weight is 453 g/mol. The second kappa shape index (κ2) is 10.6. The normalized spacial score (nSPS) is 15.4.